The molecule has 38 heavy (non-hydrogen) atoms. The SMILES string of the molecule is Cc1cc(C)c(CN2CC3(CC3)c3c(F)c4c(c(C)c3C2=O)O[C@@](C)([C@H]2CC[C@@H](N(C)C)CO2)O4)c(=O)[nH]1. The van der Waals surface area contributed by atoms with Crippen molar-refractivity contribution in [2.24, 2.45) is 0 Å². The summed E-state index contributed by atoms with van der Waals surface area (Å²) in [6.45, 7) is 8.40. The average molecular weight is 526 g/mol. The summed E-state index contributed by atoms with van der Waals surface area (Å²) in [5, 5.41) is 0. The van der Waals surface area contributed by atoms with Crippen molar-refractivity contribution in [3.8, 4) is 11.5 Å². The fourth-order valence-corrected chi connectivity index (χ4v) is 6.52. The molecule has 1 spiro atoms. The fourth-order valence-electron chi connectivity index (χ4n) is 6.52. The summed E-state index contributed by atoms with van der Waals surface area (Å²) in [4.78, 5) is 33.3. The third-order valence-electron chi connectivity index (χ3n) is 8.99. The minimum Gasteiger partial charge on any atom is -0.446 e. The summed E-state index contributed by atoms with van der Waals surface area (Å²) in [7, 11) is 4.06. The quantitative estimate of drug-likeness (QED) is 0.655. The summed E-state index contributed by atoms with van der Waals surface area (Å²) >= 11 is 0. The predicted molar refractivity (Wildman–Crippen MR) is 139 cm³/mol. The number of amides is 1. The molecular formula is C29H36FN3O5. The Hall–Kier alpha value is -2.91. The summed E-state index contributed by atoms with van der Waals surface area (Å²) in [6.07, 6.45) is 2.83. The summed E-state index contributed by atoms with van der Waals surface area (Å²) in [5.41, 5.74) is 2.87. The van der Waals surface area contributed by atoms with Crippen molar-refractivity contribution in [1.82, 2.24) is 14.8 Å². The van der Waals surface area contributed by atoms with E-state index in [0.29, 0.717) is 41.4 Å². The smallest absolute Gasteiger partial charge is 0.275 e. The second kappa shape index (κ2) is 8.55. The van der Waals surface area contributed by atoms with Crippen molar-refractivity contribution in [3.63, 3.8) is 0 Å². The van der Waals surface area contributed by atoms with E-state index in [2.05, 4.69) is 9.88 Å². The molecule has 3 aliphatic heterocycles. The van der Waals surface area contributed by atoms with E-state index in [4.69, 9.17) is 14.2 Å². The Morgan fingerprint density at radius 2 is 1.84 bits per heavy atom. The first-order chi connectivity index (χ1) is 17.9. The van der Waals surface area contributed by atoms with Crippen molar-refractivity contribution in [3.05, 3.63) is 55.7 Å². The Morgan fingerprint density at radius 3 is 2.45 bits per heavy atom. The fraction of sp³-hybridized carbons (Fsp3) is 0.586. The summed E-state index contributed by atoms with van der Waals surface area (Å²) in [5.74, 6) is -1.60. The molecule has 2 fully saturated rings. The van der Waals surface area contributed by atoms with E-state index in [0.717, 1.165) is 36.9 Å². The van der Waals surface area contributed by atoms with Crippen LogP contribution in [0, 0.1) is 26.6 Å². The van der Waals surface area contributed by atoms with Crippen molar-refractivity contribution >= 4 is 5.91 Å². The van der Waals surface area contributed by atoms with Crippen molar-refractivity contribution in [2.45, 2.75) is 83.3 Å². The van der Waals surface area contributed by atoms with Crippen molar-refractivity contribution in [2.75, 3.05) is 27.2 Å². The molecule has 2 aromatic rings. The Balaban J connectivity index is 1.35. The number of benzene rings is 1. The van der Waals surface area contributed by atoms with Gasteiger partial charge in [-0.05, 0) is 72.2 Å². The molecule has 1 aromatic heterocycles. The lowest BCUT2D eigenvalue weighted by Crippen LogP contribution is -2.53. The van der Waals surface area contributed by atoms with Crippen LogP contribution in [0.15, 0.2) is 10.9 Å². The molecule has 1 N–H and O–H groups in total. The van der Waals surface area contributed by atoms with Gasteiger partial charge in [-0.25, -0.2) is 4.39 Å². The maximum Gasteiger partial charge on any atom is 0.275 e. The maximum atomic E-state index is 16.3. The molecular weight excluding hydrogens is 489 g/mol. The zero-order valence-corrected chi connectivity index (χ0v) is 23.0. The van der Waals surface area contributed by atoms with Gasteiger partial charge in [0, 0.05) is 47.3 Å². The highest BCUT2D eigenvalue weighted by atomic mass is 19.1. The summed E-state index contributed by atoms with van der Waals surface area (Å²) < 4.78 is 35.0. The van der Waals surface area contributed by atoms with Crippen LogP contribution in [0.4, 0.5) is 4.39 Å². The normalized spacial score (nSPS) is 27.3. The number of hydrogen-bond donors (Lipinski definition) is 1. The Labute approximate surface area is 222 Å². The number of likely N-dealkylation sites (N-methyl/N-ethyl adjacent to an activating group) is 1. The number of halogens is 1. The molecule has 1 aromatic carbocycles. The van der Waals surface area contributed by atoms with E-state index in [1.807, 2.05) is 34.0 Å². The number of aryl methyl sites for hydroxylation is 2. The van der Waals surface area contributed by atoms with E-state index in [9.17, 15) is 9.59 Å². The molecule has 0 unspecified atom stereocenters. The third kappa shape index (κ3) is 3.77. The number of aromatic amines is 1. The van der Waals surface area contributed by atoms with Crippen LogP contribution in [-0.2, 0) is 16.7 Å². The number of pyridine rings is 1. The highest BCUT2D eigenvalue weighted by Gasteiger charge is 2.57. The number of hydrogen-bond acceptors (Lipinski definition) is 6. The van der Waals surface area contributed by atoms with Crippen molar-refractivity contribution in [1.29, 1.82) is 0 Å². The number of aromatic nitrogens is 1. The number of nitrogens with zero attached hydrogens (tertiary/aromatic N) is 2. The zero-order valence-electron chi connectivity index (χ0n) is 23.0. The minimum atomic E-state index is -1.18. The van der Waals surface area contributed by atoms with Crippen LogP contribution in [0.5, 0.6) is 11.5 Å². The molecule has 1 saturated carbocycles. The van der Waals surface area contributed by atoms with Gasteiger partial charge in [0.15, 0.2) is 11.6 Å². The lowest BCUT2D eigenvalue weighted by Gasteiger charge is -2.38. The van der Waals surface area contributed by atoms with Gasteiger partial charge in [-0.15, -0.1) is 0 Å². The second-order valence-electron chi connectivity index (χ2n) is 12.0. The first-order valence-corrected chi connectivity index (χ1v) is 13.5. The van der Waals surface area contributed by atoms with Gasteiger partial charge in [-0.1, -0.05) is 0 Å². The van der Waals surface area contributed by atoms with Crippen LogP contribution in [0.2, 0.25) is 0 Å². The van der Waals surface area contributed by atoms with Gasteiger partial charge in [0.1, 0.15) is 6.10 Å². The molecule has 6 rings (SSSR count). The Bertz CT molecular complexity index is 1390. The van der Waals surface area contributed by atoms with Crippen LogP contribution in [-0.4, -0.2) is 65.9 Å². The number of H-pyrrole nitrogens is 1. The molecule has 9 heteroatoms. The van der Waals surface area contributed by atoms with Crippen molar-refractivity contribution < 1.29 is 23.4 Å². The summed E-state index contributed by atoms with van der Waals surface area (Å²) in [6, 6.07) is 2.22. The Kier molecular flexibility index (Phi) is 5.71. The van der Waals surface area contributed by atoms with Gasteiger partial charge in [-0.2, -0.15) is 0 Å². The molecule has 1 amide bonds. The standard InChI is InChI=1S/C29H36FN3O5/c1-15-11-16(2)31-26(34)19(15)12-33-14-29(9-10-29)22-21(27(33)35)17(3)24-25(23(22)30)38-28(4,37-24)20-8-7-18(13-36-20)32(5)6/h11,18,20H,7-10,12-14H2,1-6H3,(H,31,34)/t18-,20-,28-/m1/s1. The number of ether oxygens (including phenoxy) is 3. The molecule has 4 heterocycles. The number of carbonyl (C=O) groups is 1. The van der Waals surface area contributed by atoms with E-state index >= 15 is 4.39 Å². The maximum absolute atomic E-state index is 16.3. The van der Waals surface area contributed by atoms with Crippen LogP contribution >= 0.6 is 0 Å². The van der Waals surface area contributed by atoms with Gasteiger partial charge in [-0.3, -0.25) is 9.59 Å². The minimum absolute atomic E-state index is 0.0837. The average Bonchev–Trinajstić information content (AvgIpc) is 3.53. The van der Waals surface area contributed by atoms with Gasteiger partial charge < -0.3 is 29.0 Å². The van der Waals surface area contributed by atoms with Gasteiger partial charge in [0.25, 0.3) is 17.3 Å². The number of nitrogens with one attached hydrogen (secondary N) is 1. The predicted octanol–water partition coefficient (Wildman–Crippen LogP) is 3.72. The number of fused-ring (bicyclic) bond motifs is 3. The molecule has 3 atom stereocenters. The van der Waals surface area contributed by atoms with Gasteiger partial charge >= 0.3 is 0 Å². The first kappa shape index (κ1) is 25.4. The zero-order chi connectivity index (χ0) is 27.1. The molecule has 0 bridgehead atoms. The first-order valence-electron chi connectivity index (χ1n) is 13.5. The van der Waals surface area contributed by atoms with Gasteiger partial charge in [0.05, 0.1) is 18.7 Å². The van der Waals surface area contributed by atoms with Crippen LogP contribution < -0.4 is 15.0 Å². The highest BCUT2D eigenvalue weighted by Crippen LogP contribution is 2.59. The number of carbonyl (C=O) groups excluding carboxylic acids is 1. The second-order valence-corrected chi connectivity index (χ2v) is 12.0. The monoisotopic (exact) mass is 525 g/mol. The van der Waals surface area contributed by atoms with Crippen LogP contribution in [0.25, 0.3) is 0 Å². The van der Waals surface area contributed by atoms with Crippen LogP contribution in [0.3, 0.4) is 0 Å². The number of rotatable bonds is 4. The van der Waals surface area contributed by atoms with Gasteiger partial charge in [0.2, 0.25) is 5.75 Å². The topological polar surface area (TPSA) is 84.1 Å². The lowest BCUT2D eigenvalue weighted by atomic mass is 9.83. The third-order valence-corrected chi connectivity index (χ3v) is 8.99. The van der Waals surface area contributed by atoms with E-state index in [-0.39, 0.29) is 35.6 Å². The Morgan fingerprint density at radius 1 is 1.13 bits per heavy atom. The van der Waals surface area contributed by atoms with E-state index < -0.39 is 17.0 Å². The molecule has 204 valence electrons. The molecule has 8 nitrogen and oxygen atoms in total. The van der Waals surface area contributed by atoms with Crippen LogP contribution in [0.1, 0.15) is 70.9 Å². The largest absolute Gasteiger partial charge is 0.446 e. The lowest BCUT2D eigenvalue weighted by molar-refractivity contribution is -0.191. The molecule has 1 saturated heterocycles. The highest BCUT2D eigenvalue weighted by molar-refractivity contribution is 6.00. The molecule has 0 radical (unpaired) electrons. The molecule has 1 aliphatic carbocycles. The molecule has 4 aliphatic rings. The van der Waals surface area contributed by atoms with E-state index in [1.54, 1.807) is 18.7 Å². The van der Waals surface area contributed by atoms with E-state index in [1.165, 1.54) is 0 Å².